The van der Waals surface area contributed by atoms with E-state index in [9.17, 15) is 14.0 Å². The summed E-state index contributed by atoms with van der Waals surface area (Å²) >= 11 is 0.904. The molecule has 0 radical (unpaired) electrons. The summed E-state index contributed by atoms with van der Waals surface area (Å²) in [5.41, 5.74) is 2.25. The summed E-state index contributed by atoms with van der Waals surface area (Å²) in [6.45, 7) is 1.83. The fourth-order valence-electron chi connectivity index (χ4n) is 2.29. The summed E-state index contributed by atoms with van der Waals surface area (Å²) in [6, 6.07) is 13.7. The second-order valence-electron chi connectivity index (χ2n) is 5.31. The van der Waals surface area contributed by atoms with Crippen molar-refractivity contribution in [2.24, 2.45) is 0 Å². The lowest BCUT2D eigenvalue weighted by Gasteiger charge is -2.16. The van der Waals surface area contributed by atoms with E-state index in [-0.39, 0.29) is 23.6 Å². The van der Waals surface area contributed by atoms with Crippen LogP contribution in [0.4, 0.5) is 14.9 Å². The number of hydrogen-bond donors (Lipinski definition) is 1. The normalized spacial score (nSPS) is 16.1. The van der Waals surface area contributed by atoms with Crippen LogP contribution in [0, 0.1) is 12.7 Å². The van der Waals surface area contributed by atoms with Gasteiger partial charge in [0, 0.05) is 5.69 Å². The van der Waals surface area contributed by atoms with Gasteiger partial charge >= 0.3 is 0 Å². The Morgan fingerprint density at radius 2 is 1.92 bits per heavy atom. The minimum absolute atomic E-state index is 0.00108. The molecule has 1 saturated heterocycles. The maximum Gasteiger partial charge on any atom is 0.295 e. The number of carbonyl (C=O) groups excluding carboxylic acids is 2. The number of aryl methyl sites for hydroxylation is 1. The van der Waals surface area contributed by atoms with Crippen LogP contribution in [0.2, 0.25) is 0 Å². The maximum absolute atomic E-state index is 13.3. The molecule has 6 heteroatoms. The van der Waals surface area contributed by atoms with Gasteiger partial charge in [-0.25, -0.2) is 4.39 Å². The van der Waals surface area contributed by atoms with Crippen molar-refractivity contribution in [2.45, 2.75) is 6.92 Å². The molecule has 1 N–H and O–H groups in total. The highest BCUT2D eigenvalue weighted by Gasteiger charge is 2.34. The summed E-state index contributed by atoms with van der Waals surface area (Å²) in [7, 11) is 0. The van der Waals surface area contributed by atoms with Crippen LogP contribution in [0.3, 0.4) is 0 Å². The lowest BCUT2D eigenvalue weighted by atomic mass is 10.2. The molecule has 0 aromatic heterocycles. The van der Waals surface area contributed by atoms with Gasteiger partial charge in [0.2, 0.25) is 0 Å². The third-order valence-electron chi connectivity index (χ3n) is 3.60. The number of hydrogen-bond acceptors (Lipinski definition) is 4. The molecular formula is C18H15FN2O2S. The van der Waals surface area contributed by atoms with Crippen molar-refractivity contribution in [1.29, 1.82) is 0 Å². The van der Waals surface area contributed by atoms with Gasteiger partial charge in [0.1, 0.15) is 5.82 Å². The third-order valence-corrected chi connectivity index (χ3v) is 4.51. The number of halogens is 1. The summed E-state index contributed by atoms with van der Waals surface area (Å²) in [5.74, 6) is -0.725. The SMILES string of the molecule is Cc1ccc(F)cc1NCN1C(=O)S/C(=C/c2ccccc2)C1=O. The molecule has 24 heavy (non-hydrogen) atoms. The van der Waals surface area contributed by atoms with Crippen LogP contribution < -0.4 is 5.32 Å². The molecule has 0 aliphatic carbocycles. The minimum atomic E-state index is -0.374. The molecule has 0 spiro atoms. The molecule has 1 aliphatic rings. The quantitative estimate of drug-likeness (QED) is 0.845. The highest BCUT2D eigenvalue weighted by Crippen LogP contribution is 2.32. The molecule has 0 bridgehead atoms. The number of nitrogens with zero attached hydrogens (tertiary/aromatic N) is 1. The molecule has 0 atom stereocenters. The number of benzene rings is 2. The maximum atomic E-state index is 13.3. The highest BCUT2D eigenvalue weighted by molar-refractivity contribution is 8.18. The van der Waals surface area contributed by atoms with Crippen LogP contribution in [-0.4, -0.2) is 22.7 Å². The molecular weight excluding hydrogens is 327 g/mol. The minimum Gasteiger partial charge on any atom is -0.367 e. The first-order valence-electron chi connectivity index (χ1n) is 7.35. The van der Waals surface area contributed by atoms with E-state index in [1.165, 1.54) is 12.1 Å². The van der Waals surface area contributed by atoms with Crippen LogP contribution in [0.1, 0.15) is 11.1 Å². The number of nitrogens with one attached hydrogen (secondary N) is 1. The lowest BCUT2D eigenvalue weighted by Crippen LogP contribution is -2.33. The fraction of sp³-hybridized carbons (Fsp3) is 0.111. The average Bonchev–Trinajstić information content (AvgIpc) is 2.83. The van der Waals surface area contributed by atoms with Gasteiger partial charge in [-0.1, -0.05) is 36.4 Å². The van der Waals surface area contributed by atoms with Crippen LogP contribution >= 0.6 is 11.8 Å². The van der Waals surface area contributed by atoms with Crippen LogP contribution in [0.5, 0.6) is 0 Å². The molecule has 0 saturated carbocycles. The van der Waals surface area contributed by atoms with Crippen LogP contribution in [-0.2, 0) is 4.79 Å². The van der Waals surface area contributed by atoms with Gasteiger partial charge in [-0.2, -0.15) is 0 Å². The van der Waals surface area contributed by atoms with Crippen molar-refractivity contribution in [3.05, 3.63) is 70.4 Å². The summed E-state index contributed by atoms with van der Waals surface area (Å²) < 4.78 is 13.3. The first kappa shape index (κ1) is 16.3. The Morgan fingerprint density at radius 1 is 1.17 bits per heavy atom. The van der Waals surface area contributed by atoms with Crippen molar-refractivity contribution in [3.8, 4) is 0 Å². The molecule has 1 heterocycles. The first-order chi connectivity index (χ1) is 11.5. The van der Waals surface area contributed by atoms with Gasteiger partial charge in [0.15, 0.2) is 0 Å². The molecule has 2 aromatic rings. The molecule has 2 aromatic carbocycles. The number of amides is 2. The zero-order valence-electron chi connectivity index (χ0n) is 13.0. The van der Waals surface area contributed by atoms with E-state index in [2.05, 4.69) is 5.32 Å². The number of thioether (sulfide) groups is 1. The van der Waals surface area contributed by atoms with E-state index in [0.29, 0.717) is 10.6 Å². The van der Waals surface area contributed by atoms with Gasteiger partial charge in [0.25, 0.3) is 11.1 Å². The molecule has 4 nitrogen and oxygen atoms in total. The van der Waals surface area contributed by atoms with Gasteiger partial charge in [-0.05, 0) is 48.0 Å². The number of anilines is 1. The second kappa shape index (κ2) is 6.88. The monoisotopic (exact) mass is 342 g/mol. The Balaban J connectivity index is 1.73. The van der Waals surface area contributed by atoms with Crippen LogP contribution in [0.15, 0.2) is 53.4 Å². The van der Waals surface area contributed by atoms with Crippen LogP contribution in [0.25, 0.3) is 6.08 Å². The van der Waals surface area contributed by atoms with E-state index < -0.39 is 0 Å². The molecule has 1 fully saturated rings. The Bertz CT molecular complexity index is 821. The summed E-state index contributed by atoms with van der Waals surface area (Å²) in [6.07, 6.45) is 1.69. The Morgan fingerprint density at radius 3 is 2.67 bits per heavy atom. The van der Waals surface area contributed by atoms with E-state index in [0.717, 1.165) is 27.8 Å². The second-order valence-corrected chi connectivity index (χ2v) is 6.31. The third kappa shape index (κ3) is 3.49. The predicted molar refractivity (Wildman–Crippen MR) is 93.9 cm³/mol. The predicted octanol–water partition coefficient (Wildman–Crippen LogP) is 4.24. The Kier molecular flexibility index (Phi) is 4.66. The topological polar surface area (TPSA) is 49.4 Å². The fourth-order valence-corrected chi connectivity index (χ4v) is 3.12. The van der Waals surface area contributed by atoms with Crippen molar-refractivity contribution < 1.29 is 14.0 Å². The number of carbonyl (C=O) groups is 2. The van der Waals surface area contributed by atoms with E-state index in [1.807, 2.05) is 37.3 Å². The summed E-state index contributed by atoms with van der Waals surface area (Å²) in [4.78, 5) is 26.0. The number of imide groups is 1. The highest BCUT2D eigenvalue weighted by atomic mass is 32.2. The van der Waals surface area contributed by atoms with Crippen molar-refractivity contribution in [3.63, 3.8) is 0 Å². The zero-order valence-corrected chi connectivity index (χ0v) is 13.8. The molecule has 122 valence electrons. The van der Waals surface area contributed by atoms with Crippen molar-refractivity contribution in [1.82, 2.24) is 4.90 Å². The largest absolute Gasteiger partial charge is 0.367 e. The Labute approximate surface area is 143 Å². The average molecular weight is 342 g/mol. The standard InChI is InChI=1S/C18H15FN2O2S/c1-12-7-8-14(19)10-15(12)20-11-21-17(22)16(24-18(21)23)9-13-5-3-2-4-6-13/h2-10,20H,11H2,1H3/b16-9+. The molecule has 0 unspecified atom stereocenters. The van der Waals surface area contributed by atoms with E-state index in [4.69, 9.17) is 0 Å². The van der Waals surface area contributed by atoms with Gasteiger partial charge < -0.3 is 5.32 Å². The smallest absolute Gasteiger partial charge is 0.295 e. The summed E-state index contributed by atoms with van der Waals surface area (Å²) in [5, 5.41) is 2.60. The van der Waals surface area contributed by atoms with Crippen molar-refractivity contribution >= 4 is 34.7 Å². The Hall–Kier alpha value is -2.60. The van der Waals surface area contributed by atoms with Gasteiger partial charge in [0.05, 0.1) is 11.6 Å². The molecule has 1 aliphatic heterocycles. The van der Waals surface area contributed by atoms with Gasteiger partial charge in [-0.3, -0.25) is 14.5 Å². The van der Waals surface area contributed by atoms with Crippen molar-refractivity contribution in [2.75, 3.05) is 12.0 Å². The van der Waals surface area contributed by atoms with E-state index in [1.54, 1.807) is 12.1 Å². The lowest BCUT2D eigenvalue weighted by molar-refractivity contribution is -0.122. The molecule has 2 amide bonds. The molecule has 3 rings (SSSR count). The van der Waals surface area contributed by atoms with Gasteiger partial charge in [-0.15, -0.1) is 0 Å². The first-order valence-corrected chi connectivity index (χ1v) is 8.17. The zero-order chi connectivity index (χ0) is 17.1. The number of rotatable bonds is 4. The van der Waals surface area contributed by atoms with E-state index >= 15 is 0 Å².